The van der Waals surface area contributed by atoms with Crippen molar-refractivity contribution in [3.63, 3.8) is 0 Å². The van der Waals surface area contributed by atoms with Gasteiger partial charge in [0.1, 0.15) is 0 Å². The molecule has 3 rings (SSSR count). The molecule has 1 aromatic rings. The summed E-state index contributed by atoms with van der Waals surface area (Å²) in [5.74, 6) is 0.692. The highest BCUT2D eigenvalue weighted by atomic mass is 32.3. The van der Waals surface area contributed by atoms with E-state index in [0.29, 0.717) is 17.4 Å². The molecule has 2 atom stereocenters. The first kappa shape index (κ1) is 15.9. The van der Waals surface area contributed by atoms with Gasteiger partial charge in [-0.2, -0.15) is 0 Å². The third-order valence-corrected chi connectivity index (χ3v) is 6.09. The van der Waals surface area contributed by atoms with Crippen molar-refractivity contribution in [2.75, 3.05) is 31.5 Å². The maximum atomic E-state index is 12.4. The molecule has 2 unspecified atom stereocenters. The molecule has 0 bridgehead atoms. The maximum absolute atomic E-state index is 12.4. The molecule has 0 aromatic heterocycles. The van der Waals surface area contributed by atoms with Crippen LogP contribution in [-0.2, 0) is 14.6 Å². The molecule has 1 saturated heterocycles. The predicted octanol–water partition coefficient (Wildman–Crippen LogP) is 2.10. The Labute approximate surface area is 133 Å². The topological polar surface area (TPSA) is 67.4 Å². The summed E-state index contributed by atoms with van der Waals surface area (Å²) >= 11 is 0. The van der Waals surface area contributed by atoms with Gasteiger partial charge in [0.15, 0.2) is 15.3 Å². The number of anilines is 1. The van der Waals surface area contributed by atoms with Gasteiger partial charge in [-0.3, -0.25) is 0 Å². The van der Waals surface area contributed by atoms with E-state index in [2.05, 4.69) is 28.8 Å². The van der Waals surface area contributed by atoms with Crippen molar-refractivity contribution in [3.8, 4) is 0 Å². The number of sulfonamides is 1. The van der Waals surface area contributed by atoms with Crippen LogP contribution >= 0.6 is 0 Å². The van der Waals surface area contributed by atoms with E-state index < -0.39 is 10.4 Å². The van der Waals surface area contributed by atoms with E-state index in [1.807, 2.05) is 12.1 Å². The Kier molecular flexibility index (Phi) is 4.29. The van der Waals surface area contributed by atoms with Crippen molar-refractivity contribution in [1.29, 1.82) is 0 Å². The van der Waals surface area contributed by atoms with E-state index in [4.69, 9.17) is 0 Å². The number of fused-ring (bicyclic) bond motifs is 1. The molecule has 1 spiro atoms. The lowest BCUT2D eigenvalue weighted by atomic mass is 9.98. The predicted molar refractivity (Wildman–Crippen MR) is 88.4 cm³/mol. The molecule has 122 valence electrons. The van der Waals surface area contributed by atoms with Crippen molar-refractivity contribution >= 4 is 16.1 Å². The fourth-order valence-electron chi connectivity index (χ4n) is 3.28. The van der Waals surface area contributed by atoms with E-state index in [-0.39, 0.29) is 5.54 Å². The first-order valence-electron chi connectivity index (χ1n) is 7.99. The minimum atomic E-state index is -3.42. The molecule has 6 heteroatoms. The molecule has 0 aliphatic carbocycles. The summed E-state index contributed by atoms with van der Waals surface area (Å²) in [6.07, 6.45) is 2.14. The third-order valence-electron chi connectivity index (χ3n) is 4.63. The average Bonchev–Trinajstić information content (AvgIpc) is 2.82. The van der Waals surface area contributed by atoms with Crippen LogP contribution in [0.4, 0.5) is 5.69 Å². The highest BCUT2D eigenvalue weighted by Crippen LogP contribution is 2.34. The second-order valence-electron chi connectivity index (χ2n) is 6.93. The molecule has 2 aliphatic rings. The summed E-state index contributed by atoms with van der Waals surface area (Å²) < 4.78 is 27.5. The molecule has 2 N–H and O–H groups in total. The summed E-state index contributed by atoms with van der Waals surface area (Å²) in [6, 6.07) is 7.17. The van der Waals surface area contributed by atoms with Crippen LogP contribution in [0.1, 0.15) is 26.7 Å². The number of nitrogens with zero attached hydrogens (tertiary/aromatic N) is 1. The van der Waals surface area contributed by atoms with Crippen LogP contribution in [0.5, 0.6) is 0 Å². The number of hydrogen-bond acceptors (Lipinski definition) is 4. The van der Waals surface area contributed by atoms with Crippen LogP contribution in [0.15, 0.2) is 29.2 Å². The molecular formula is C16H25N3O2S. The smallest absolute Gasteiger partial charge is 0.198 e. The SMILES string of the molecule is CC(C)CCN1CCC2(CN[S+](=O)([O-])c3ccccc3N2)C1. The minimum absolute atomic E-state index is 0.198. The van der Waals surface area contributed by atoms with E-state index in [0.717, 1.165) is 31.7 Å². The van der Waals surface area contributed by atoms with Gasteiger partial charge in [-0.1, -0.05) is 30.2 Å². The van der Waals surface area contributed by atoms with Gasteiger partial charge in [-0.05, 0) is 37.4 Å². The van der Waals surface area contributed by atoms with Crippen LogP contribution in [0.3, 0.4) is 0 Å². The number of hydrogen-bond donors (Lipinski definition) is 2. The Morgan fingerprint density at radius 2 is 2.18 bits per heavy atom. The van der Waals surface area contributed by atoms with Crippen molar-refractivity contribution in [2.24, 2.45) is 5.92 Å². The van der Waals surface area contributed by atoms with Crippen molar-refractivity contribution < 1.29 is 8.76 Å². The lowest BCUT2D eigenvalue weighted by molar-refractivity contribution is 0.296. The summed E-state index contributed by atoms with van der Waals surface area (Å²) in [5.41, 5.74) is 0.523. The highest BCUT2D eigenvalue weighted by Gasteiger charge is 2.43. The van der Waals surface area contributed by atoms with Gasteiger partial charge < -0.3 is 14.8 Å². The molecule has 0 radical (unpaired) electrons. The van der Waals surface area contributed by atoms with Crippen LogP contribution in [0.25, 0.3) is 0 Å². The Morgan fingerprint density at radius 1 is 1.41 bits per heavy atom. The quantitative estimate of drug-likeness (QED) is 0.836. The molecule has 2 aliphatic heterocycles. The average molecular weight is 323 g/mol. The summed E-state index contributed by atoms with van der Waals surface area (Å²) in [6.45, 7) is 7.90. The maximum Gasteiger partial charge on any atom is 0.198 e. The zero-order valence-electron chi connectivity index (χ0n) is 13.3. The van der Waals surface area contributed by atoms with Crippen molar-refractivity contribution in [1.82, 2.24) is 9.62 Å². The Morgan fingerprint density at radius 3 is 2.95 bits per heavy atom. The molecule has 0 saturated carbocycles. The van der Waals surface area contributed by atoms with Gasteiger partial charge in [0.25, 0.3) is 0 Å². The van der Waals surface area contributed by atoms with Crippen LogP contribution in [0.2, 0.25) is 0 Å². The molecule has 2 heterocycles. The van der Waals surface area contributed by atoms with Crippen LogP contribution in [0, 0.1) is 5.92 Å². The van der Waals surface area contributed by atoms with Gasteiger partial charge in [0.2, 0.25) is 0 Å². The molecule has 0 amide bonds. The Hall–Kier alpha value is -0.950. The number of rotatable bonds is 3. The van der Waals surface area contributed by atoms with Crippen molar-refractivity contribution in [3.05, 3.63) is 24.3 Å². The minimum Gasteiger partial charge on any atom is -0.593 e. The number of para-hydroxylation sites is 1. The first-order chi connectivity index (χ1) is 10.4. The zero-order chi connectivity index (χ0) is 15.8. The lowest BCUT2D eigenvalue weighted by Gasteiger charge is -2.29. The number of nitrogens with one attached hydrogen (secondary N) is 2. The van der Waals surface area contributed by atoms with Crippen molar-refractivity contribution in [2.45, 2.75) is 37.1 Å². The van der Waals surface area contributed by atoms with Crippen LogP contribution in [-0.4, -0.2) is 41.2 Å². The Bertz CT molecular complexity index is 593. The monoisotopic (exact) mass is 323 g/mol. The summed E-state index contributed by atoms with van der Waals surface area (Å²) in [7, 11) is -3.42. The zero-order valence-corrected chi connectivity index (χ0v) is 14.1. The van der Waals surface area contributed by atoms with Gasteiger partial charge in [0, 0.05) is 13.1 Å². The third kappa shape index (κ3) is 3.20. The van der Waals surface area contributed by atoms with E-state index in [9.17, 15) is 8.76 Å². The van der Waals surface area contributed by atoms with E-state index >= 15 is 0 Å². The molecule has 22 heavy (non-hydrogen) atoms. The van der Waals surface area contributed by atoms with Gasteiger partial charge in [-0.25, -0.2) is 0 Å². The van der Waals surface area contributed by atoms with Gasteiger partial charge in [0.05, 0.1) is 17.8 Å². The second kappa shape index (κ2) is 5.92. The largest absolute Gasteiger partial charge is 0.593 e. The van der Waals surface area contributed by atoms with E-state index in [1.54, 1.807) is 12.1 Å². The fourth-order valence-corrected chi connectivity index (χ4v) is 4.57. The molecule has 5 nitrogen and oxygen atoms in total. The highest BCUT2D eigenvalue weighted by molar-refractivity contribution is 7.96. The molecule has 1 aromatic carbocycles. The number of likely N-dealkylation sites (tertiary alicyclic amines) is 1. The second-order valence-corrected chi connectivity index (χ2v) is 8.67. The summed E-state index contributed by atoms with van der Waals surface area (Å²) in [5, 5.41) is 3.52. The van der Waals surface area contributed by atoms with E-state index in [1.165, 1.54) is 6.42 Å². The van der Waals surface area contributed by atoms with Crippen LogP contribution < -0.4 is 10.0 Å². The number of benzene rings is 1. The normalized spacial score (nSPS) is 32.0. The summed E-state index contributed by atoms with van der Waals surface area (Å²) in [4.78, 5) is 2.79. The lowest BCUT2D eigenvalue weighted by Crippen LogP contribution is -2.49. The fraction of sp³-hybridized carbons (Fsp3) is 0.625. The molecule has 1 fully saturated rings. The van der Waals surface area contributed by atoms with Gasteiger partial charge >= 0.3 is 0 Å². The first-order valence-corrected chi connectivity index (χ1v) is 9.48. The van der Waals surface area contributed by atoms with Gasteiger partial charge in [-0.15, -0.1) is 4.72 Å². The Balaban J connectivity index is 1.79. The molecular weight excluding hydrogens is 298 g/mol. The standard InChI is InChI=1S/C16H25N3O2S/c1-13(2)7-9-19-10-8-16(12-19)11-17-22(20,21)15-6-4-3-5-14(15)18-16/h3-6,13,18H,7-12H2,1-2H3,(H-,17,20,21).